The lowest BCUT2D eigenvalue weighted by molar-refractivity contribution is -0.141. The highest BCUT2D eigenvalue weighted by Gasteiger charge is 2.27. The van der Waals surface area contributed by atoms with E-state index in [-0.39, 0.29) is 6.42 Å². The maximum atomic E-state index is 11.6. The molecule has 3 N–H and O–H groups in total. The Labute approximate surface area is 67.4 Å². The predicted molar refractivity (Wildman–Crippen MR) is 35.5 cm³/mol. The molecule has 0 aliphatic rings. The van der Waals surface area contributed by atoms with E-state index in [1.165, 1.54) is 0 Å². The predicted octanol–water partition coefficient (Wildman–Crippen LogP) is 1.13. The van der Waals surface area contributed by atoms with Crippen molar-refractivity contribution >= 4 is 5.97 Å². The van der Waals surface area contributed by atoms with Crippen molar-refractivity contribution in [3.8, 4) is 0 Å². The number of carboxylic acids is 1. The second-order valence-electron chi connectivity index (χ2n) is 2.51. The fraction of sp³-hybridized carbons (Fsp3) is 0.833. The lowest BCUT2D eigenvalue weighted by Gasteiger charge is -2.10. The number of rotatable bonds is 4. The minimum absolute atomic E-state index is 0.337. The monoisotopic (exact) mass is 185 g/mol. The lowest BCUT2D eigenvalue weighted by atomic mass is 10.1. The fourth-order valence-electron chi connectivity index (χ4n) is 0.675. The number of carbonyl (C=O) groups is 1. The van der Waals surface area contributed by atoms with Crippen molar-refractivity contribution in [2.45, 2.75) is 31.5 Å². The highest BCUT2D eigenvalue weighted by molar-refractivity contribution is 5.67. The third-order valence-corrected chi connectivity index (χ3v) is 1.24. The molecule has 0 saturated heterocycles. The summed E-state index contributed by atoms with van der Waals surface area (Å²) in [6.45, 7) is 0. The van der Waals surface area contributed by atoms with E-state index in [1.807, 2.05) is 0 Å². The van der Waals surface area contributed by atoms with Gasteiger partial charge in [0.25, 0.3) is 0 Å². The summed E-state index contributed by atoms with van der Waals surface area (Å²) in [4.78, 5) is 9.97. The molecule has 0 aliphatic carbocycles. The Bertz CT molecular complexity index is 157. The zero-order valence-electron chi connectivity index (χ0n) is 6.27. The Balaban J connectivity index is 3.57. The second-order valence-corrected chi connectivity index (χ2v) is 2.51. The molecule has 3 nitrogen and oxygen atoms in total. The molecule has 0 aromatic heterocycles. The molecule has 0 heterocycles. The van der Waals surface area contributed by atoms with Crippen molar-refractivity contribution in [3.63, 3.8) is 0 Å². The summed E-state index contributed by atoms with van der Waals surface area (Å²) < 4.78 is 34.7. The van der Waals surface area contributed by atoms with Crippen LogP contribution >= 0.6 is 0 Å². The smallest absolute Gasteiger partial charge is 0.389 e. The quantitative estimate of drug-likeness (QED) is 0.690. The van der Waals surface area contributed by atoms with E-state index in [0.717, 1.165) is 0 Å². The van der Waals surface area contributed by atoms with Gasteiger partial charge in [0.05, 0.1) is 6.42 Å². The van der Waals surface area contributed by atoms with Crippen LogP contribution in [0.1, 0.15) is 19.3 Å². The summed E-state index contributed by atoms with van der Waals surface area (Å²) in [5, 5.41) is 8.15. The van der Waals surface area contributed by atoms with Crippen LogP contribution in [0.3, 0.4) is 0 Å². The van der Waals surface area contributed by atoms with E-state index in [2.05, 4.69) is 0 Å². The second kappa shape index (κ2) is 4.30. The number of nitrogens with two attached hydrogens (primary N) is 1. The molecule has 0 spiro atoms. The van der Waals surface area contributed by atoms with E-state index < -0.39 is 31.0 Å². The molecule has 0 rings (SSSR count). The first-order valence-electron chi connectivity index (χ1n) is 3.35. The van der Waals surface area contributed by atoms with Gasteiger partial charge in [-0.2, -0.15) is 13.2 Å². The van der Waals surface area contributed by atoms with Crippen LogP contribution in [-0.4, -0.2) is 23.3 Å². The zero-order valence-corrected chi connectivity index (χ0v) is 6.27. The molecular weight excluding hydrogens is 175 g/mol. The van der Waals surface area contributed by atoms with Crippen LogP contribution in [0.25, 0.3) is 0 Å². The van der Waals surface area contributed by atoms with Crippen LogP contribution < -0.4 is 5.73 Å². The van der Waals surface area contributed by atoms with Crippen LogP contribution in [-0.2, 0) is 4.79 Å². The molecular formula is C6H10F3NO2. The normalized spacial score (nSPS) is 14.3. The Morgan fingerprint density at radius 3 is 2.33 bits per heavy atom. The molecule has 12 heavy (non-hydrogen) atoms. The van der Waals surface area contributed by atoms with Crippen molar-refractivity contribution in [1.82, 2.24) is 0 Å². The van der Waals surface area contributed by atoms with Gasteiger partial charge in [-0.05, 0) is 6.42 Å². The third kappa shape index (κ3) is 7.33. The average molecular weight is 185 g/mol. The maximum absolute atomic E-state index is 11.6. The van der Waals surface area contributed by atoms with Gasteiger partial charge in [-0.3, -0.25) is 4.79 Å². The highest BCUT2D eigenvalue weighted by atomic mass is 19.4. The molecule has 0 aliphatic heterocycles. The van der Waals surface area contributed by atoms with Crippen LogP contribution in [0.5, 0.6) is 0 Å². The van der Waals surface area contributed by atoms with E-state index in [0.29, 0.717) is 0 Å². The van der Waals surface area contributed by atoms with Gasteiger partial charge < -0.3 is 10.8 Å². The summed E-state index contributed by atoms with van der Waals surface area (Å²) in [7, 11) is 0. The first-order valence-corrected chi connectivity index (χ1v) is 3.35. The SMILES string of the molecule is NC(CCC(F)(F)F)CC(=O)O. The third-order valence-electron chi connectivity index (χ3n) is 1.24. The van der Waals surface area contributed by atoms with Gasteiger partial charge >= 0.3 is 12.1 Å². The molecule has 0 radical (unpaired) electrons. The summed E-state index contributed by atoms with van der Waals surface area (Å²) >= 11 is 0. The fourth-order valence-corrected chi connectivity index (χ4v) is 0.675. The number of alkyl halides is 3. The summed E-state index contributed by atoms with van der Waals surface area (Å²) in [5.74, 6) is -1.18. The topological polar surface area (TPSA) is 63.3 Å². The Morgan fingerprint density at radius 2 is 2.00 bits per heavy atom. The van der Waals surface area contributed by atoms with Gasteiger partial charge in [-0.1, -0.05) is 0 Å². The number of halogens is 3. The van der Waals surface area contributed by atoms with Gasteiger partial charge in [-0.15, -0.1) is 0 Å². The largest absolute Gasteiger partial charge is 0.481 e. The first kappa shape index (κ1) is 11.2. The number of carboxylic acid groups (broad SMARTS) is 1. The van der Waals surface area contributed by atoms with Gasteiger partial charge in [0.15, 0.2) is 0 Å². The number of hydrogen-bond acceptors (Lipinski definition) is 2. The number of hydrogen-bond donors (Lipinski definition) is 2. The van der Waals surface area contributed by atoms with Crippen molar-refractivity contribution in [2.24, 2.45) is 5.73 Å². The van der Waals surface area contributed by atoms with Crippen LogP contribution in [0, 0.1) is 0 Å². The van der Waals surface area contributed by atoms with Crippen molar-refractivity contribution in [2.75, 3.05) is 0 Å². The van der Waals surface area contributed by atoms with E-state index in [4.69, 9.17) is 10.8 Å². The average Bonchev–Trinajstić information content (AvgIpc) is 1.80. The van der Waals surface area contributed by atoms with Crippen molar-refractivity contribution < 1.29 is 23.1 Å². The zero-order chi connectivity index (χ0) is 9.78. The summed E-state index contributed by atoms with van der Waals surface area (Å²) in [6, 6.07) is -0.913. The van der Waals surface area contributed by atoms with E-state index in [9.17, 15) is 18.0 Å². The van der Waals surface area contributed by atoms with Crippen LogP contribution in [0.15, 0.2) is 0 Å². The molecule has 0 aromatic rings. The first-order chi connectivity index (χ1) is 5.31. The lowest BCUT2D eigenvalue weighted by Crippen LogP contribution is -2.25. The van der Waals surface area contributed by atoms with E-state index in [1.54, 1.807) is 0 Å². The molecule has 1 atom stereocenters. The van der Waals surface area contributed by atoms with Gasteiger partial charge in [0.1, 0.15) is 0 Å². The maximum Gasteiger partial charge on any atom is 0.389 e. The molecule has 0 fully saturated rings. The van der Waals surface area contributed by atoms with E-state index >= 15 is 0 Å². The van der Waals surface area contributed by atoms with Crippen molar-refractivity contribution in [3.05, 3.63) is 0 Å². The van der Waals surface area contributed by atoms with Gasteiger partial charge in [0, 0.05) is 12.5 Å². The standard InChI is InChI=1S/C6H10F3NO2/c7-6(8,9)2-1-4(10)3-5(11)12/h4H,1-3,10H2,(H,11,12). The summed E-state index contributed by atoms with van der Waals surface area (Å²) in [5.41, 5.74) is 5.10. The minimum Gasteiger partial charge on any atom is -0.481 e. The summed E-state index contributed by atoms with van der Waals surface area (Å²) in [6.07, 6.45) is -6.04. The minimum atomic E-state index is -4.25. The Hall–Kier alpha value is -0.780. The molecule has 0 bridgehead atoms. The molecule has 0 amide bonds. The van der Waals surface area contributed by atoms with Gasteiger partial charge in [-0.25, -0.2) is 0 Å². The molecule has 6 heteroatoms. The Morgan fingerprint density at radius 1 is 1.50 bits per heavy atom. The molecule has 1 unspecified atom stereocenters. The van der Waals surface area contributed by atoms with Gasteiger partial charge in [0.2, 0.25) is 0 Å². The number of aliphatic carboxylic acids is 1. The highest BCUT2D eigenvalue weighted by Crippen LogP contribution is 2.22. The molecule has 0 aromatic carbocycles. The molecule has 0 saturated carbocycles. The van der Waals surface area contributed by atoms with Crippen LogP contribution in [0.4, 0.5) is 13.2 Å². The van der Waals surface area contributed by atoms with Crippen LogP contribution in [0.2, 0.25) is 0 Å². The molecule has 72 valence electrons. The van der Waals surface area contributed by atoms with Crippen molar-refractivity contribution in [1.29, 1.82) is 0 Å². The Kier molecular flexibility index (Phi) is 4.02.